The van der Waals surface area contributed by atoms with Crippen molar-refractivity contribution in [1.82, 2.24) is 4.98 Å². The minimum atomic E-state index is -0.0530. The number of halogens is 1. The lowest BCUT2D eigenvalue weighted by Gasteiger charge is -2.13. The van der Waals surface area contributed by atoms with Crippen molar-refractivity contribution in [3.8, 4) is 6.08 Å². The smallest absolute Gasteiger partial charge is 0.394 e. The fraction of sp³-hybridized carbons (Fsp3) is 0.625. The number of hydrogen-bond acceptors (Lipinski definition) is 3. The lowest BCUT2D eigenvalue weighted by Crippen LogP contribution is -2.10. The average Bonchev–Trinajstić information content (AvgIpc) is 2.29. The first kappa shape index (κ1) is 9.58. The Balaban J connectivity index is 3.08. The lowest BCUT2D eigenvalue weighted by atomic mass is 9.94. The molecule has 0 saturated carbocycles. The van der Waals surface area contributed by atoms with Gasteiger partial charge in [-0.05, 0) is 15.9 Å². The molecule has 3 nitrogen and oxygen atoms in total. The second-order valence-corrected chi connectivity index (χ2v) is 4.30. The molecule has 4 heteroatoms. The number of oxazole rings is 1. The molecule has 1 heterocycles. The zero-order valence-corrected chi connectivity index (χ0v) is 9.23. The van der Waals surface area contributed by atoms with Crippen LogP contribution in [0.3, 0.4) is 0 Å². The molecule has 1 aromatic heterocycles. The predicted molar refractivity (Wildman–Crippen MR) is 49.5 cm³/mol. The molecule has 0 aliphatic rings. The molecule has 1 rings (SSSR count). The van der Waals surface area contributed by atoms with Crippen LogP contribution in [0.25, 0.3) is 0 Å². The van der Waals surface area contributed by atoms with E-state index >= 15 is 0 Å². The van der Waals surface area contributed by atoms with Gasteiger partial charge in [0.1, 0.15) is 5.76 Å². The molecule has 1 aromatic rings. The fourth-order valence-electron chi connectivity index (χ4n) is 0.833. The molecule has 0 spiro atoms. The molecule has 0 radical (unpaired) electrons. The van der Waals surface area contributed by atoms with E-state index in [0.29, 0.717) is 10.7 Å². The van der Waals surface area contributed by atoms with Gasteiger partial charge in [0.2, 0.25) is 0 Å². The molecule has 0 saturated heterocycles. The second kappa shape index (κ2) is 3.09. The van der Waals surface area contributed by atoms with Crippen LogP contribution in [0.5, 0.6) is 6.08 Å². The average molecular weight is 234 g/mol. The monoisotopic (exact) mass is 233 g/mol. The molecule has 0 amide bonds. The van der Waals surface area contributed by atoms with Crippen LogP contribution in [-0.2, 0) is 5.41 Å². The lowest BCUT2D eigenvalue weighted by molar-refractivity contribution is 0.265. The Kier molecular flexibility index (Phi) is 2.46. The minimum absolute atomic E-state index is 0.0530. The van der Waals surface area contributed by atoms with Gasteiger partial charge in [0, 0.05) is 5.41 Å². The van der Waals surface area contributed by atoms with Gasteiger partial charge in [-0.15, -0.1) is 0 Å². The molecule has 0 fully saturated rings. The van der Waals surface area contributed by atoms with Crippen molar-refractivity contribution in [2.75, 3.05) is 7.11 Å². The molecule has 0 aromatic carbocycles. The number of hydrogen-bond donors (Lipinski definition) is 0. The van der Waals surface area contributed by atoms with Crippen molar-refractivity contribution in [1.29, 1.82) is 0 Å². The van der Waals surface area contributed by atoms with Gasteiger partial charge in [-0.2, -0.15) is 4.98 Å². The van der Waals surface area contributed by atoms with E-state index in [-0.39, 0.29) is 5.41 Å². The molecule has 0 atom stereocenters. The first-order valence-electron chi connectivity index (χ1n) is 3.66. The van der Waals surface area contributed by atoms with E-state index in [0.717, 1.165) is 5.76 Å². The van der Waals surface area contributed by atoms with Gasteiger partial charge in [0.25, 0.3) is 0 Å². The van der Waals surface area contributed by atoms with Crippen molar-refractivity contribution in [3.05, 3.63) is 10.4 Å². The van der Waals surface area contributed by atoms with E-state index in [1.165, 1.54) is 7.11 Å². The van der Waals surface area contributed by atoms with Crippen LogP contribution in [0.15, 0.2) is 9.02 Å². The second-order valence-electron chi connectivity index (χ2n) is 3.55. The Labute approximate surface area is 80.3 Å². The van der Waals surface area contributed by atoms with Crippen LogP contribution in [-0.4, -0.2) is 12.1 Å². The van der Waals surface area contributed by atoms with Crippen LogP contribution in [0.2, 0.25) is 0 Å². The number of nitrogens with zero attached hydrogens (tertiary/aromatic N) is 1. The van der Waals surface area contributed by atoms with Crippen LogP contribution < -0.4 is 4.74 Å². The van der Waals surface area contributed by atoms with E-state index in [2.05, 4.69) is 41.7 Å². The predicted octanol–water partition coefficient (Wildman–Crippen LogP) is 2.74. The summed E-state index contributed by atoms with van der Waals surface area (Å²) in [6, 6.07) is 0. The van der Waals surface area contributed by atoms with Crippen LogP contribution in [0, 0.1) is 0 Å². The normalized spacial score (nSPS) is 11.8. The highest BCUT2D eigenvalue weighted by Gasteiger charge is 2.24. The molecule has 0 aliphatic carbocycles. The molecular formula is C8H12BrNO2. The van der Waals surface area contributed by atoms with Crippen molar-refractivity contribution >= 4 is 15.9 Å². The summed E-state index contributed by atoms with van der Waals surface area (Å²) in [7, 11) is 1.53. The maximum absolute atomic E-state index is 5.35. The molecule has 68 valence electrons. The molecule has 0 unspecified atom stereocenters. The van der Waals surface area contributed by atoms with Gasteiger partial charge in [-0.3, -0.25) is 0 Å². The number of ether oxygens (including phenoxy) is 1. The Morgan fingerprint density at radius 1 is 1.42 bits per heavy atom. The summed E-state index contributed by atoms with van der Waals surface area (Å²) >= 11 is 3.31. The summed E-state index contributed by atoms with van der Waals surface area (Å²) in [4.78, 5) is 4.02. The van der Waals surface area contributed by atoms with E-state index in [1.807, 2.05) is 0 Å². The quantitative estimate of drug-likeness (QED) is 0.749. The Bertz CT molecular complexity index is 275. The third-order valence-electron chi connectivity index (χ3n) is 1.42. The summed E-state index contributed by atoms with van der Waals surface area (Å²) in [6.07, 6.45) is 0.298. The van der Waals surface area contributed by atoms with E-state index in [9.17, 15) is 0 Å². The molecule has 12 heavy (non-hydrogen) atoms. The van der Waals surface area contributed by atoms with E-state index < -0.39 is 0 Å². The molecule has 0 bridgehead atoms. The Morgan fingerprint density at radius 3 is 2.25 bits per heavy atom. The third kappa shape index (κ3) is 1.80. The summed E-state index contributed by atoms with van der Waals surface area (Å²) in [6.45, 7) is 6.16. The number of rotatable bonds is 1. The van der Waals surface area contributed by atoms with Gasteiger partial charge >= 0.3 is 6.08 Å². The topological polar surface area (TPSA) is 35.3 Å². The molecule has 0 aliphatic heterocycles. The highest BCUT2D eigenvalue weighted by atomic mass is 79.9. The van der Waals surface area contributed by atoms with Gasteiger partial charge < -0.3 is 9.15 Å². The largest absolute Gasteiger partial charge is 0.453 e. The van der Waals surface area contributed by atoms with E-state index in [1.54, 1.807) is 0 Å². The maximum atomic E-state index is 5.35. The van der Waals surface area contributed by atoms with Gasteiger partial charge in [-0.25, -0.2) is 0 Å². The van der Waals surface area contributed by atoms with Gasteiger partial charge in [0.15, 0.2) is 4.60 Å². The number of aromatic nitrogens is 1. The summed E-state index contributed by atoms with van der Waals surface area (Å²) in [5.74, 6) is 0.805. The Hall–Kier alpha value is -0.510. The minimum Gasteiger partial charge on any atom is -0.453 e. The van der Waals surface area contributed by atoms with Gasteiger partial charge in [0.05, 0.1) is 7.11 Å². The first-order chi connectivity index (χ1) is 5.45. The maximum Gasteiger partial charge on any atom is 0.394 e. The van der Waals surface area contributed by atoms with Crippen molar-refractivity contribution in [3.63, 3.8) is 0 Å². The third-order valence-corrected chi connectivity index (χ3v) is 1.96. The number of methoxy groups -OCH3 is 1. The summed E-state index contributed by atoms with van der Waals surface area (Å²) in [5, 5.41) is 0. The Morgan fingerprint density at radius 2 is 2.00 bits per heavy atom. The van der Waals surface area contributed by atoms with Crippen molar-refractivity contribution in [2.24, 2.45) is 0 Å². The highest BCUT2D eigenvalue weighted by Crippen LogP contribution is 2.32. The summed E-state index contributed by atoms with van der Waals surface area (Å²) < 4.78 is 10.9. The standard InChI is InChI=1S/C8H12BrNO2/c1-8(2,3)5-6(9)10-7(11-4)12-5/h1-4H3. The fourth-order valence-corrected chi connectivity index (χ4v) is 1.65. The van der Waals surface area contributed by atoms with Crippen LogP contribution in [0.1, 0.15) is 26.5 Å². The zero-order valence-electron chi connectivity index (χ0n) is 7.64. The van der Waals surface area contributed by atoms with Crippen LogP contribution in [0.4, 0.5) is 0 Å². The van der Waals surface area contributed by atoms with Crippen molar-refractivity contribution in [2.45, 2.75) is 26.2 Å². The van der Waals surface area contributed by atoms with E-state index in [4.69, 9.17) is 9.15 Å². The van der Waals surface area contributed by atoms with Crippen LogP contribution >= 0.6 is 15.9 Å². The van der Waals surface area contributed by atoms with Crippen molar-refractivity contribution < 1.29 is 9.15 Å². The highest BCUT2D eigenvalue weighted by molar-refractivity contribution is 9.10. The van der Waals surface area contributed by atoms with Gasteiger partial charge in [-0.1, -0.05) is 20.8 Å². The SMILES string of the molecule is COc1nc(Br)c(C(C)(C)C)o1. The molecule has 0 N–H and O–H groups in total. The summed E-state index contributed by atoms with van der Waals surface area (Å²) in [5.41, 5.74) is -0.0530. The first-order valence-corrected chi connectivity index (χ1v) is 4.45. The zero-order chi connectivity index (χ0) is 9.35. The molecular weight excluding hydrogens is 222 g/mol.